The van der Waals surface area contributed by atoms with Gasteiger partial charge in [0.25, 0.3) is 0 Å². The second kappa shape index (κ2) is 7.96. The van der Waals surface area contributed by atoms with E-state index in [4.69, 9.17) is 23.7 Å². The van der Waals surface area contributed by atoms with Crippen molar-refractivity contribution in [3.8, 4) is 17.2 Å². The van der Waals surface area contributed by atoms with Gasteiger partial charge in [-0.3, -0.25) is 4.79 Å². The minimum Gasteiger partial charge on any atom is -0.496 e. The van der Waals surface area contributed by atoms with Crippen LogP contribution < -0.4 is 14.2 Å². The van der Waals surface area contributed by atoms with E-state index in [1.165, 1.54) is 0 Å². The first-order valence-electron chi connectivity index (χ1n) is 10.3. The van der Waals surface area contributed by atoms with Gasteiger partial charge in [0, 0.05) is 23.8 Å². The Bertz CT molecular complexity index is 970. The van der Waals surface area contributed by atoms with Crippen LogP contribution in [0.4, 0.5) is 0 Å². The minimum atomic E-state index is -1.08. The van der Waals surface area contributed by atoms with Gasteiger partial charge in [0.15, 0.2) is 5.79 Å². The summed E-state index contributed by atoms with van der Waals surface area (Å²) in [7, 11) is 4.87. The molecular weight excluding hydrogens is 388 g/mol. The summed E-state index contributed by atoms with van der Waals surface area (Å²) in [4.78, 5) is 11.5. The monoisotopic (exact) mass is 416 g/mol. The smallest absolute Gasteiger partial charge is 0.305 e. The van der Waals surface area contributed by atoms with Crippen LogP contribution in [0.5, 0.6) is 17.2 Å². The number of ether oxygens (including phenoxy) is 5. The number of fused-ring (bicyclic) bond motifs is 3. The molecule has 0 saturated carbocycles. The number of carboxylic acids is 1. The Morgan fingerprint density at radius 2 is 1.93 bits per heavy atom. The maximum Gasteiger partial charge on any atom is 0.305 e. The molecule has 0 unspecified atom stereocenters. The lowest BCUT2D eigenvalue weighted by Crippen LogP contribution is -2.47. The molecule has 30 heavy (non-hydrogen) atoms. The van der Waals surface area contributed by atoms with Crippen molar-refractivity contribution >= 4 is 16.7 Å². The fourth-order valence-electron chi connectivity index (χ4n) is 4.94. The van der Waals surface area contributed by atoms with Gasteiger partial charge in [-0.2, -0.15) is 0 Å². The Labute approximate surface area is 175 Å². The van der Waals surface area contributed by atoms with Crippen LogP contribution in [0.2, 0.25) is 0 Å². The van der Waals surface area contributed by atoms with Crippen LogP contribution in [-0.4, -0.2) is 44.6 Å². The standard InChI is InChI=1S/C23H28O7/c1-13-7-6-10-23(29-13)20-16(11-14(30-23)12-18(24)25)21(27-3)15-8-5-9-17(26-2)19(15)22(20)28-4/h5,8-9,13-14H,6-7,10-12H2,1-4H3,(H,24,25)/t13-,14+,23+/m1/s1. The molecule has 162 valence electrons. The SMILES string of the molecule is COc1c2c(c(OC)c3c(OC)cccc13)[C@]1(CCC[C@@H](C)O1)O[C@H](CC(=O)O)C2. The predicted octanol–water partition coefficient (Wildman–Crippen LogP) is 4.02. The van der Waals surface area contributed by atoms with Crippen LogP contribution in [0.15, 0.2) is 18.2 Å². The number of methoxy groups -OCH3 is 3. The molecule has 0 radical (unpaired) electrons. The number of carbonyl (C=O) groups is 1. The van der Waals surface area contributed by atoms with Crippen LogP contribution in [0.3, 0.4) is 0 Å². The Morgan fingerprint density at radius 1 is 1.17 bits per heavy atom. The van der Waals surface area contributed by atoms with E-state index in [9.17, 15) is 9.90 Å². The van der Waals surface area contributed by atoms with Crippen molar-refractivity contribution in [2.45, 2.75) is 57.0 Å². The molecule has 2 aromatic rings. The first kappa shape index (κ1) is 20.8. The number of rotatable bonds is 5. The third kappa shape index (κ3) is 3.26. The highest BCUT2D eigenvalue weighted by Crippen LogP contribution is 2.55. The first-order chi connectivity index (χ1) is 14.4. The number of aliphatic carboxylic acids is 1. The fraction of sp³-hybridized carbons (Fsp3) is 0.522. The number of hydrogen-bond acceptors (Lipinski definition) is 6. The lowest BCUT2D eigenvalue weighted by Gasteiger charge is -2.47. The molecule has 0 aliphatic carbocycles. The molecule has 0 bridgehead atoms. The van der Waals surface area contributed by atoms with E-state index in [0.29, 0.717) is 30.1 Å². The molecule has 1 fully saturated rings. The molecular formula is C23H28O7. The Balaban J connectivity index is 2.06. The van der Waals surface area contributed by atoms with Crippen molar-refractivity contribution in [1.29, 1.82) is 0 Å². The number of benzene rings is 2. The van der Waals surface area contributed by atoms with Crippen LogP contribution in [0.1, 0.15) is 43.7 Å². The van der Waals surface area contributed by atoms with Gasteiger partial charge in [0.1, 0.15) is 17.2 Å². The van der Waals surface area contributed by atoms with Gasteiger partial charge in [-0.05, 0) is 25.8 Å². The third-order valence-electron chi connectivity index (χ3n) is 6.01. The van der Waals surface area contributed by atoms with Gasteiger partial charge in [-0.25, -0.2) is 0 Å². The van der Waals surface area contributed by atoms with Gasteiger partial charge < -0.3 is 28.8 Å². The second-order valence-corrected chi connectivity index (χ2v) is 7.92. The summed E-state index contributed by atoms with van der Waals surface area (Å²) in [6.45, 7) is 2.01. The molecule has 1 saturated heterocycles. The number of carboxylic acid groups (broad SMARTS) is 1. The highest BCUT2D eigenvalue weighted by atomic mass is 16.7. The highest BCUT2D eigenvalue weighted by Gasteiger charge is 2.49. The van der Waals surface area contributed by atoms with Crippen LogP contribution >= 0.6 is 0 Å². The Morgan fingerprint density at radius 3 is 2.57 bits per heavy atom. The van der Waals surface area contributed by atoms with E-state index in [2.05, 4.69) is 0 Å². The predicted molar refractivity (Wildman–Crippen MR) is 111 cm³/mol. The van der Waals surface area contributed by atoms with Crippen LogP contribution in [-0.2, 0) is 26.5 Å². The van der Waals surface area contributed by atoms with E-state index in [-0.39, 0.29) is 12.5 Å². The topological polar surface area (TPSA) is 83.5 Å². The van der Waals surface area contributed by atoms with Crippen LogP contribution in [0.25, 0.3) is 10.8 Å². The molecule has 0 amide bonds. The average Bonchev–Trinajstić information content (AvgIpc) is 2.71. The summed E-state index contributed by atoms with van der Waals surface area (Å²) < 4.78 is 30.3. The van der Waals surface area contributed by atoms with Gasteiger partial charge in [0.05, 0.1) is 50.9 Å². The molecule has 7 nitrogen and oxygen atoms in total. The Hall–Kier alpha value is -2.51. The zero-order valence-corrected chi connectivity index (χ0v) is 17.8. The maximum atomic E-state index is 11.5. The van der Waals surface area contributed by atoms with Gasteiger partial charge in [-0.1, -0.05) is 12.1 Å². The molecule has 2 aliphatic heterocycles. The fourth-order valence-corrected chi connectivity index (χ4v) is 4.94. The van der Waals surface area contributed by atoms with Crippen molar-refractivity contribution in [2.24, 2.45) is 0 Å². The van der Waals surface area contributed by atoms with Crippen molar-refractivity contribution in [2.75, 3.05) is 21.3 Å². The molecule has 2 aliphatic rings. The zero-order valence-electron chi connectivity index (χ0n) is 17.8. The van der Waals surface area contributed by atoms with Crippen molar-refractivity contribution < 1.29 is 33.6 Å². The van der Waals surface area contributed by atoms with Gasteiger partial charge >= 0.3 is 5.97 Å². The molecule has 3 atom stereocenters. The van der Waals surface area contributed by atoms with E-state index in [1.54, 1.807) is 21.3 Å². The summed E-state index contributed by atoms with van der Waals surface area (Å²) in [5, 5.41) is 11.1. The summed E-state index contributed by atoms with van der Waals surface area (Å²) in [5.74, 6) is -0.0207. The molecule has 4 rings (SSSR count). The van der Waals surface area contributed by atoms with Crippen molar-refractivity contribution in [3.05, 3.63) is 29.3 Å². The van der Waals surface area contributed by atoms with E-state index in [1.807, 2.05) is 25.1 Å². The van der Waals surface area contributed by atoms with E-state index >= 15 is 0 Å². The van der Waals surface area contributed by atoms with Crippen molar-refractivity contribution in [3.63, 3.8) is 0 Å². The van der Waals surface area contributed by atoms with Crippen LogP contribution in [0, 0.1) is 0 Å². The highest BCUT2D eigenvalue weighted by molar-refractivity contribution is 6.00. The molecule has 0 aromatic heterocycles. The molecule has 2 heterocycles. The lowest BCUT2D eigenvalue weighted by atomic mass is 9.82. The molecule has 1 N–H and O–H groups in total. The summed E-state index contributed by atoms with van der Waals surface area (Å²) in [6, 6.07) is 5.74. The second-order valence-electron chi connectivity index (χ2n) is 7.92. The maximum absolute atomic E-state index is 11.5. The molecule has 7 heteroatoms. The molecule has 2 aromatic carbocycles. The largest absolute Gasteiger partial charge is 0.496 e. The minimum absolute atomic E-state index is 0.0285. The normalized spacial score (nSPS) is 25.7. The summed E-state index contributed by atoms with van der Waals surface area (Å²) in [6.07, 6.45) is 2.16. The average molecular weight is 416 g/mol. The number of hydrogen-bond donors (Lipinski definition) is 1. The quantitative estimate of drug-likeness (QED) is 0.788. The first-order valence-corrected chi connectivity index (χ1v) is 10.3. The third-order valence-corrected chi connectivity index (χ3v) is 6.01. The summed E-state index contributed by atoms with van der Waals surface area (Å²) in [5.41, 5.74) is 1.66. The van der Waals surface area contributed by atoms with Gasteiger partial charge in [0.2, 0.25) is 0 Å². The van der Waals surface area contributed by atoms with E-state index < -0.39 is 17.9 Å². The van der Waals surface area contributed by atoms with Gasteiger partial charge in [-0.15, -0.1) is 0 Å². The summed E-state index contributed by atoms with van der Waals surface area (Å²) >= 11 is 0. The zero-order chi connectivity index (χ0) is 21.5. The van der Waals surface area contributed by atoms with Crippen molar-refractivity contribution in [1.82, 2.24) is 0 Å². The van der Waals surface area contributed by atoms with E-state index in [0.717, 1.165) is 34.7 Å². The molecule has 1 spiro atoms. The lowest BCUT2D eigenvalue weighted by molar-refractivity contribution is -0.311. The Kier molecular flexibility index (Phi) is 5.51.